The van der Waals surface area contributed by atoms with E-state index in [4.69, 9.17) is 11.6 Å². The molecule has 2 atom stereocenters. The quantitative estimate of drug-likeness (QED) is 0.387. The molecule has 0 spiro atoms. The number of carbonyl (C=O) groups excluding carboxylic acids is 2. The Balaban J connectivity index is 1.33. The highest BCUT2D eigenvalue weighted by atomic mass is 35.5. The van der Waals surface area contributed by atoms with E-state index in [-0.39, 0.29) is 28.6 Å². The number of nitrogens with one attached hydrogen (secondary N) is 1. The second-order valence-corrected chi connectivity index (χ2v) is 14.6. The first-order valence-electron chi connectivity index (χ1n) is 14.6. The van der Waals surface area contributed by atoms with Crippen LogP contribution in [0.3, 0.4) is 0 Å². The van der Waals surface area contributed by atoms with Gasteiger partial charge in [0.1, 0.15) is 17.4 Å². The van der Waals surface area contributed by atoms with E-state index in [9.17, 15) is 23.3 Å². The van der Waals surface area contributed by atoms with Gasteiger partial charge in [0.25, 0.3) is 0 Å². The number of aryl methyl sites for hydroxylation is 2. The van der Waals surface area contributed by atoms with Gasteiger partial charge in [-0.2, -0.15) is 5.26 Å². The van der Waals surface area contributed by atoms with Crippen molar-refractivity contribution < 1.29 is 22.4 Å². The van der Waals surface area contributed by atoms with E-state index in [1.54, 1.807) is 24.4 Å². The number of rotatable bonds is 8. The Hall–Kier alpha value is -3.88. The molecule has 1 N–H and O–H groups in total. The molecule has 9 nitrogen and oxygen atoms in total. The molecule has 2 saturated carbocycles. The number of nitriles is 1. The lowest BCUT2D eigenvalue weighted by atomic mass is 9.97. The highest BCUT2D eigenvalue weighted by Crippen LogP contribution is 2.51. The molecule has 1 aliphatic heterocycles. The Labute approximate surface area is 260 Å². The van der Waals surface area contributed by atoms with Crippen LogP contribution in [-0.4, -0.2) is 58.5 Å². The lowest BCUT2D eigenvalue weighted by Crippen LogP contribution is -2.52. The summed E-state index contributed by atoms with van der Waals surface area (Å²) in [6.45, 7) is 3.43. The lowest BCUT2D eigenvalue weighted by Gasteiger charge is -2.29. The summed E-state index contributed by atoms with van der Waals surface area (Å²) >= 11 is 6.57. The molecule has 228 valence electrons. The first-order chi connectivity index (χ1) is 20.9. The van der Waals surface area contributed by atoms with Crippen molar-refractivity contribution in [3.05, 3.63) is 76.6 Å². The average Bonchev–Trinajstić information content (AvgIpc) is 3.93. The minimum absolute atomic E-state index is 0.00480. The molecule has 44 heavy (non-hydrogen) atoms. The van der Waals surface area contributed by atoms with Crippen LogP contribution in [0.5, 0.6) is 0 Å². The third-order valence-electron chi connectivity index (χ3n) is 9.07. The Morgan fingerprint density at radius 3 is 2.52 bits per heavy atom. The Kier molecular flexibility index (Phi) is 7.49. The van der Waals surface area contributed by atoms with Crippen molar-refractivity contribution in [3.63, 3.8) is 0 Å². The summed E-state index contributed by atoms with van der Waals surface area (Å²) in [6.07, 6.45) is 5.18. The second kappa shape index (κ2) is 10.9. The number of aromatic nitrogens is 2. The smallest absolute Gasteiger partial charge is 0.244 e. The zero-order valence-corrected chi connectivity index (χ0v) is 25.9. The molecular formula is C32H31ClFN5O4S. The molecule has 2 aromatic heterocycles. The van der Waals surface area contributed by atoms with Crippen molar-refractivity contribution in [3.8, 4) is 17.2 Å². The summed E-state index contributed by atoms with van der Waals surface area (Å²) in [5.41, 5.74) is 0.659. The number of amides is 2. The van der Waals surface area contributed by atoms with Crippen LogP contribution in [0.1, 0.15) is 56.0 Å². The number of pyridine rings is 2. The van der Waals surface area contributed by atoms with Crippen LogP contribution in [0.4, 0.5) is 4.39 Å². The van der Waals surface area contributed by atoms with Crippen molar-refractivity contribution in [2.45, 2.75) is 79.5 Å². The van der Waals surface area contributed by atoms with Gasteiger partial charge in [0, 0.05) is 30.2 Å². The molecule has 2 amide bonds. The monoisotopic (exact) mass is 635 g/mol. The molecule has 3 fully saturated rings. The van der Waals surface area contributed by atoms with Gasteiger partial charge in [-0.15, -0.1) is 0 Å². The molecule has 0 radical (unpaired) electrons. The van der Waals surface area contributed by atoms with Gasteiger partial charge in [-0.1, -0.05) is 30.7 Å². The number of carbonyl (C=O) groups is 2. The molecule has 2 aliphatic carbocycles. The number of hydrogen-bond donors (Lipinski definition) is 1. The Morgan fingerprint density at radius 1 is 1.18 bits per heavy atom. The van der Waals surface area contributed by atoms with E-state index >= 15 is 4.39 Å². The number of sulfone groups is 1. The normalized spacial score (nSPS) is 21.4. The highest BCUT2D eigenvalue weighted by molar-refractivity contribution is 7.92. The van der Waals surface area contributed by atoms with Gasteiger partial charge in [0.2, 0.25) is 11.8 Å². The number of benzene rings is 1. The third-order valence-corrected chi connectivity index (χ3v) is 11.7. The van der Waals surface area contributed by atoms with Crippen molar-refractivity contribution in [2.24, 2.45) is 0 Å². The second-order valence-electron chi connectivity index (χ2n) is 12.0. The summed E-state index contributed by atoms with van der Waals surface area (Å²) < 4.78 is 43.3. The van der Waals surface area contributed by atoms with Crippen molar-refractivity contribution in [2.75, 3.05) is 6.54 Å². The van der Waals surface area contributed by atoms with Crippen molar-refractivity contribution in [1.29, 1.82) is 5.26 Å². The minimum atomic E-state index is -4.13. The SMILES string of the molecule is CCc1cnc(C2(C(=O)N3CC(S(=O)(=O)c4ccc(-c5cccnc5C)cc4Cl)CC3C(=O)NC3(C#N)CC3)CC2)c(F)c1. The highest BCUT2D eigenvalue weighted by Gasteiger charge is 2.60. The fraction of sp³-hybridized carbons (Fsp3) is 0.406. The molecule has 2 unspecified atom stereocenters. The van der Waals surface area contributed by atoms with Crippen molar-refractivity contribution >= 4 is 33.3 Å². The van der Waals surface area contributed by atoms with Crippen LogP contribution in [0.15, 0.2) is 53.7 Å². The van der Waals surface area contributed by atoms with Crippen LogP contribution in [0.2, 0.25) is 5.02 Å². The fourth-order valence-corrected chi connectivity index (χ4v) is 8.29. The standard InChI is InChI=1S/C32H31ClFN5O4S/c1-3-20-13-25(34)28(37-16-20)32(10-11-32)30(41)39-17-22(15-26(39)29(40)38-31(18-35)8-9-31)44(42,43)27-7-6-21(14-24(27)33)23-5-4-12-36-19(23)2/h4-7,12-14,16,22,26H,3,8-11,15,17H2,1-2H3,(H,38,40). The maximum Gasteiger partial charge on any atom is 0.244 e. The van der Waals surface area contributed by atoms with Crippen LogP contribution < -0.4 is 5.32 Å². The summed E-state index contributed by atoms with van der Waals surface area (Å²) in [7, 11) is -4.13. The van der Waals surface area contributed by atoms with Crippen molar-refractivity contribution in [1.82, 2.24) is 20.2 Å². The molecule has 3 aliphatic rings. The zero-order valence-electron chi connectivity index (χ0n) is 24.3. The van der Waals surface area contributed by atoms with Crippen LogP contribution >= 0.6 is 11.6 Å². The van der Waals surface area contributed by atoms with Gasteiger partial charge in [-0.3, -0.25) is 19.6 Å². The van der Waals surface area contributed by atoms with E-state index in [0.717, 1.165) is 11.3 Å². The summed E-state index contributed by atoms with van der Waals surface area (Å²) in [5.74, 6) is -1.74. The van der Waals surface area contributed by atoms with Gasteiger partial charge >= 0.3 is 0 Å². The average molecular weight is 636 g/mol. The largest absolute Gasteiger partial charge is 0.336 e. The van der Waals surface area contributed by atoms with E-state index in [1.807, 2.05) is 19.9 Å². The molecule has 0 bridgehead atoms. The Morgan fingerprint density at radius 2 is 1.93 bits per heavy atom. The van der Waals surface area contributed by atoms with E-state index in [1.165, 1.54) is 23.2 Å². The maximum atomic E-state index is 15.2. The molecule has 3 aromatic rings. The van der Waals surface area contributed by atoms with E-state index in [0.29, 0.717) is 43.2 Å². The van der Waals surface area contributed by atoms with E-state index in [2.05, 4.69) is 21.4 Å². The summed E-state index contributed by atoms with van der Waals surface area (Å²) in [5, 5.41) is 11.1. The van der Waals surface area contributed by atoms with Gasteiger partial charge in [-0.25, -0.2) is 12.8 Å². The topological polar surface area (TPSA) is 133 Å². The van der Waals surface area contributed by atoms with Gasteiger partial charge < -0.3 is 10.2 Å². The van der Waals surface area contributed by atoms with E-state index < -0.39 is 49.7 Å². The minimum Gasteiger partial charge on any atom is -0.336 e. The van der Waals surface area contributed by atoms with Gasteiger partial charge in [-0.05, 0) is 80.8 Å². The Bertz CT molecular complexity index is 1830. The molecular weight excluding hydrogens is 605 g/mol. The first-order valence-corrected chi connectivity index (χ1v) is 16.5. The number of likely N-dealkylation sites (tertiary alicyclic amines) is 1. The van der Waals surface area contributed by atoms with Crippen LogP contribution in [0.25, 0.3) is 11.1 Å². The van der Waals surface area contributed by atoms with Gasteiger partial charge in [0.05, 0.1) is 32.3 Å². The number of nitrogens with zero attached hydrogens (tertiary/aromatic N) is 4. The molecule has 6 rings (SSSR count). The number of hydrogen-bond acceptors (Lipinski definition) is 7. The number of halogens is 2. The summed E-state index contributed by atoms with van der Waals surface area (Å²) in [6, 6.07) is 10.6. The summed E-state index contributed by atoms with van der Waals surface area (Å²) in [4.78, 5) is 37.4. The first kappa shape index (κ1) is 30.2. The maximum absolute atomic E-state index is 15.2. The molecule has 3 heterocycles. The molecule has 12 heteroatoms. The molecule has 1 saturated heterocycles. The van der Waals surface area contributed by atoms with Crippen LogP contribution in [-0.2, 0) is 31.3 Å². The van der Waals surface area contributed by atoms with Gasteiger partial charge in [0.15, 0.2) is 9.84 Å². The lowest BCUT2D eigenvalue weighted by molar-refractivity contribution is -0.140. The predicted molar refractivity (Wildman–Crippen MR) is 161 cm³/mol. The third kappa shape index (κ3) is 5.14. The zero-order chi connectivity index (χ0) is 31.4. The molecule has 1 aromatic carbocycles. The fourth-order valence-electron chi connectivity index (χ4n) is 6.05. The van der Waals surface area contributed by atoms with Crippen LogP contribution in [0, 0.1) is 24.1 Å². The predicted octanol–water partition coefficient (Wildman–Crippen LogP) is 4.45.